The van der Waals surface area contributed by atoms with Crippen LogP contribution in [0.3, 0.4) is 0 Å². The molecule has 2 N–H and O–H groups in total. The average Bonchev–Trinajstić information content (AvgIpc) is 2.66. The number of thiocarbonyl (C=S) groups is 1. The third-order valence-electron chi connectivity index (χ3n) is 2.94. The molecule has 94 valence electrons. The molecule has 1 rings (SSSR count). The Morgan fingerprint density at radius 2 is 2.19 bits per heavy atom. The highest BCUT2D eigenvalue weighted by Gasteiger charge is 2.24. The van der Waals surface area contributed by atoms with Crippen molar-refractivity contribution >= 4 is 29.1 Å². The molecular formula is C12H24N2S2. The van der Waals surface area contributed by atoms with Crippen LogP contribution in [-0.4, -0.2) is 28.7 Å². The number of rotatable bonds is 6. The topological polar surface area (TPSA) is 24.1 Å². The van der Waals surface area contributed by atoms with Gasteiger partial charge < -0.3 is 10.6 Å². The zero-order valence-corrected chi connectivity index (χ0v) is 12.1. The molecule has 1 fully saturated rings. The highest BCUT2D eigenvalue weighted by molar-refractivity contribution is 7.99. The highest BCUT2D eigenvalue weighted by atomic mass is 32.2. The lowest BCUT2D eigenvalue weighted by Crippen LogP contribution is -2.41. The van der Waals surface area contributed by atoms with Gasteiger partial charge in [0.2, 0.25) is 0 Å². The molecule has 2 nitrogen and oxygen atoms in total. The van der Waals surface area contributed by atoms with Gasteiger partial charge in [-0.3, -0.25) is 0 Å². The van der Waals surface area contributed by atoms with E-state index >= 15 is 0 Å². The van der Waals surface area contributed by atoms with Gasteiger partial charge in [-0.1, -0.05) is 20.3 Å². The lowest BCUT2D eigenvalue weighted by Gasteiger charge is -2.16. The van der Waals surface area contributed by atoms with Gasteiger partial charge in [0.1, 0.15) is 0 Å². The Balaban J connectivity index is 2.11. The van der Waals surface area contributed by atoms with Gasteiger partial charge in [0.25, 0.3) is 0 Å². The molecule has 0 saturated heterocycles. The third-order valence-corrected chi connectivity index (χ3v) is 4.43. The first-order chi connectivity index (χ1) is 7.76. The maximum Gasteiger partial charge on any atom is 0.166 e. The van der Waals surface area contributed by atoms with Crippen LogP contribution in [0.4, 0.5) is 0 Å². The maximum atomic E-state index is 5.28. The summed E-state index contributed by atoms with van der Waals surface area (Å²) in [5.74, 6) is 1.23. The third kappa shape index (κ3) is 5.39. The second kappa shape index (κ2) is 8.18. The van der Waals surface area contributed by atoms with E-state index in [1.807, 2.05) is 0 Å². The Hall–Kier alpha value is 0.0400. The maximum absolute atomic E-state index is 5.28. The summed E-state index contributed by atoms with van der Waals surface area (Å²) in [4.78, 5) is 0. The lowest BCUT2D eigenvalue weighted by molar-refractivity contribution is 0.618. The molecule has 0 amide bonds. The summed E-state index contributed by atoms with van der Waals surface area (Å²) in [5, 5.41) is 8.40. The summed E-state index contributed by atoms with van der Waals surface area (Å²) in [5.41, 5.74) is 0. The fraction of sp³-hybridized carbons (Fsp3) is 0.917. The van der Waals surface area contributed by atoms with Crippen LogP contribution >= 0.6 is 24.0 Å². The van der Waals surface area contributed by atoms with Gasteiger partial charge in [-0.15, -0.1) is 0 Å². The van der Waals surface area contributed by atoms with Crippen LogP contribution in [0.5, 0.6) is 0 Å². The number of unbranched alkanes of at least 4 members (excludes halogenated alkanes) is 1. The summed E-state index contributed by atoms with van der Waals surface area (Å²) >= 11 is 7.37. The predicted molar refractivity (Wildman–Crippen MR) is 78.2 cm³/mol. The molecule has 0 spiro atoms. The van der Waals surface area contributed by atoms with Crippen LogP contribution in [0.15, 0.2) is 0 Å². The standard InChI is InChI=1S/C12H24N2S2/c1-3-5-8-13-12(15)14-10-6-7-11(9-10)16-4-2/h10-11H,3-9H2,1-2H3,(H2,13,14,15). The van der Waals surface area contributed by atoms with E-state index in [-0.39, 0.29) is 0 Å². The molecule has 0 aromatic rings. The summed E-state index contributed by atoms with van der Waals surface area (Å²) in [6, 6.07) is 0.602. The van der Waals surface area contributed by atoms with Crippen LogP contribution < -0.4 is 10.6 Å². The Kier molecular flexibility index (Phi) is 7.21. The first-order valence-corrected chi connectivity index (χ1v) is 7.87. The number of thioether (sulfide) groups is 1. The van der Waals surface area contributed by atoms with Crippen molar-refractivity contribution in [2.75, 3.05) is 12.3 Å². The molecule has 0 aliphatic heterocycles. The van der Waals surface area contributed by atoms with Crippen LogP contribution in [-0.2, 0) is 0 Å². The summed E-state index contributed by atoms with van der Waals surface area (Å²) < 4.78 is 0. The number of hydrogen-bond donors (Lipinski definition) is 2. The van der Waals surface area contributed by atoms with Crippen molar-refractivity contribution in [3.05, 3.63) is 0 Å². The van der Waals surface area contributed by atoms with E-state index in [0.717, 1.165) is 16.9 Å². The van der Waals surface area contributed by atoms with Crippen molar-refractivity contribution in [3.63, 3.8) is 0 Å². The van der Waals surface area contributed by atoms with Crippen molar-refractivity contribution in [2.45, 2.75) is 57.2 Å². The molecule has 16 heavy (non-hydrogen) atoms. The molecule has 0 aromatic carbocycles. The Morgan fingerprint density at radius 1 is 1.38 bits per heavy atom. The molecule has 0 heterocycles. The van der Waals surface area contributed by atoms with E-state index in [0.29, 0.717) is 6.04 Å². The van der Waals surface area contributed by atoms with Gasteiger partial charge in [0.15, 0.2) is 5.11 Å². The van der Waals surface area contributed by atoms with E-state index in [2.05, 4.69) is 36.2 Å². The van der Waals surface area contributed by atoms with Gasteiger partial charge in [-0.25, -0.2) is 0 Å². The van der Waals surface area contributed by atoms with Crippen molar-refractivity contribution in [2.24, 2.45) is 0 Å². The minimum Gasteiger partial charge on any atom is -0.363 e. The van der Waals surface area contributed by atoms with Crippen molar-refractivity contribution < 1.29 is 0 Å². The van der Waals surface area contributed by atoms with Gasteiger partial charge in [-0.2, -0.15) is 11.8 Å². The summed E-state index contributed by atoms with van der Waals surface area (Å²) in [7, 11) is 0. The second-order valence-electron chi connectivity index (χ2n) is 4.34. The van der Waals surface area contributed by atoms with Crippen molar-refractivity contribution in [3.8, 4) is 0 Å². The van der Waals surface area contributed by atoms with Gasteiger partial charge in [0.05, 0.1) is 0 Å². The quantitative estimate of drug-likeness (QED) is 0.566. The predicted octanol–water partition coefficient (Wildman–Crippen LogP) is 2.92. The van der Waals surface area contributed by atoms with Gasteiger partial charge in [0, 0.05) is 17.8 Å². The normalized spacial score (nSPS) is 24.4. The molecular weight excluding hydrogens is 236 g/mol. The zero-order chi connectivity index (χ0) is 11.8. The lowest BCUT2D eigenvalue weighted by atomic mass is 10.2. The minimum absolute atomic E-state index is 0.602. The second-order valence-corrected chi connectivity index (χ2v) is 6.33. The van der Waals surface area contributed by atoms with Crippen LogP contribution in [0, 0.1) is 0 Å². The van der Waals surface area contributed by atoms with E-state index < -0.39 is 0 Å². The molecule has 1 saturated carbocycles. The fourth-order valence-corrected chi connectivity index (χ4v) is 3.48. The van der Waals surface area contributed by atoms with E-state index in [1.165, 1.54) is 37.9 Å². The average molecular weight is 260 g/mol. The summed E-state index contributed by atoms with van der Waals surface area (Å²) in [6.45, 7) is 5.44. The Bertz CT molecular complexity index is 209. The Labute approximate surface area is 109 Å². The first-order valence-electron chi connectivity index (χ1n) is 6.42. The number of nitrogens with one attached hydrogen (secondary N) is 2. The molecule has 0 radical (unpaired) electrons. The highest BCUT2D eigenvalue weighted by Crippen LogP contribution is 2.29. The monoisotopic (exact) mass is 260 g/mol. The molecule has 4 heteroatoms. The van der Waals surface area contributed by atoms with Crippen molar-refractivity contribution in [1.82, 2.24) is 10.6 Å². The van der Waals surface area contributed by atoms with Crippen LogP contribution in [0.2, 0.25) is 0 Å². The Morgan fingerprint density at radius 3 is 2.88 bits per heavy atom. The molecule has 1 aliphatic rings. The van der Waals surface area contributed by atoms with Crippen LogP contribution in [0.25, 0.3) is 0 Å². The fourth-order valence-electron chi connectivity index (χ4n) is 2.07. The van der Waals surface area contributed by atoms with E-state index in [9.17, 15) is 0 Å². The molecule has 1 aliphatic carbocycles. The van der Waals surface area contributed by atoms with E-state index in [1.54, 1.807) is 0 Å². The molecule has 2 unspecified atom stereocenters. The van der Waals surface area contributed by atoms with Crippen molar-refractivity contribution in [1.29, 1.82) is 0 Å². The van der Waals surface area contributed by atoms with Gasteiger partial charge >= 0.3 is 0 Å². The zero-order valence-electron chi connectivity index (χ0n) is 10.4. The van der Waals surface area contributed by atoms with Gasteiger partial charge in [-0.05, 0) is 43.7 Å². The molecule has 0 aromatic heterocycles. The van der Waals surface area contributed by atoms with E-state index in [4.69, 9.17) is 12.2 Å². The smallest absolute Gasteiger partial charge is 0.166 e. The largest absolute Gasteiger partial charge is 0.363 e. The molecule has 0 bridgehead atoms. The summed E-state index contributed by atoms with van der Waals surface area (Å²) in [6.07, 6.45) is 6.30. The molecule has 2 atom stereocenters. The van der Waals surface area contributed by atoms with Crippen LogP contribution in [0.1, 0.15) is 46.0 Å². The number of hydrogen-bond acceptors (Lipinski definition) is 2. The first kappa shape index (κ1) is 14.1. The minimum atomic E-state index is 0.602. The SMILES string of the molecule is CCCCNC(=S)NC1CCC(SCC)C1.